The SMILES string of the molecule is CNC(=O)COC(=O)CN1C(=O)c2cc(Cl)c(Cl)cc2C1=O. The number of nitrogens with zero attached hydrogens (tertiary/aromatic N) is 1. The van der Waals surface area contributed by atoms with Crippen LogP contribution in [-0.2, 0) is 14.3 Å². The third-order valence-electron chi connectivity index (χ3n) is 2.94. The van der Waals surface area contributed by atoms with Crippen LogP contribution < -0.4 is 5.32 Å². The first kappa shape index (κ1) is 16.3. The summed E-state index contributed by atoms with van der Waals surface area (Å²) in [6.07, 6.45) is 0. The fraction of sp³-hybridized carbons (Fsp3) is 0.231. The molecule has 0 radical (unpaired) electrons. The Morgan fingerprint density at radius 3 is 2.09 bits per heavy atom. The number of fused-ring (bicyclic) bond motifs is 1. The number of ether oxygens (including phenoxy) is 1. The Morgan fingerprint density at radius 1 is 1.14 bits per heavy atom. The van der Waals surface area contributed by atoms with Crippen molar-refractivity contribution in [3.05, 3.63) is 33.3 Å². The Bertz CT molecular complexity index is 648. The van der Waals surface area contributed by atoms with E-state index in [9.17, 15) is 19.2 Å². The Morgan fingerprint density at radius 2 is 1.64 bits per heavy atom. The molecule has 22 heavy (non-hydrogen) atoms. The van der Waals surface area contributed by atoms with Crippen molar-refractivity contribution in [1.29, 1.82) is 0 Å². The number of halogens is 2. The van der Waals surface area contributed by atoms with E-state index in [4.69, 9.17) is 23.2 Å². The number of carbonyl (C=O) groups excluding carboxylic acids is 4. The average Bonchev–Trinajstić information content (AvgIpc) is 2.70. The van der Waals surface area contributed by atoms with Gasteiger partial charge in [-0.25, -0.2) is 0 Å². The third-order valence-corrected chi connectivity index (χ3v) is 3.66. The topological polar surface area (TPSA) is 92.8 Å². The van der Waals surface area contributed by atoms with Crippen LogP contribution in [0.2, 0.25) is 10.0 Å². The zero-order valence-corrected chi connectivity index (χ0v) is 12.8. The molecular formula is C13H10Cl2N2O5. The molecule has 1 N–H and O–H groups in total. The highest BCUT2D eigenvalue weighted by molar-refractivity contribution is 6.43. The molecule has 1 aromatic rings. The smallest absolute Gasteiger partial charge is 0.326 e. The van der Waals surface area contributed by atoms with Gasteiger partial charge in [0.15, 0.2) is 6.61 Å². The standard InChI is InChI=1S/C13H10Cl2N2O5/c1-16-10(18)5-22-11(19)4-17-12(20)6-2-8(14)9(15)3-7(6)13(17)21/h2-3H,4-5H2,1H3,(H,16,18). The van der Waals surface area contributed by atoms with E-state index in [2.05, 4.69) is 10.1 Å². The zero-order valence-electron chi connectivity index (χ0n) is 11.3. The van der Waals surface area contributed by atoms with Gasteiger partial charge in [-0.1, -0.05) is 23.2 Å². The van der Waals surface area contributed by atoms with E-state index in [-0.39, 0.29) is 21.2 Å². The van der Waals surface area contributed by atoms with Crippen LogP contribution in [0.25, 0.3) is 0 Å². The van der Waals surface area contributed by atoms with E-state index >= 15 is 0 Å². The molecule has 0 spiro atoms. The molecule has 1 aliphatic rings. The summed E-state index contributed by atoms with van der Waals surface area (Å²) in [6.45, 7) is -1.09. The minimum atomic E-state index is -0.879. The number of amides is 3. The molecule has 7 nitrogen and oxygen atoms in total. The highest BCUT2D eigenvalue weighted by Crippen LogP contribution is 2.31. The number of imide groups is 1. The second kappa shape index (κ2) is 6.33. The number of rotatable bonds is 4. The lowest BCUT2D eigenvalue weighted by atomic mass is 10.1. The van der Waals surface area contributed by atoms with Crippen LogP contribution in [0, 0.1) is 0 Å². The van der Waals surface area contributed by atoms with Crippen LogP contribution in [0.1, 0.15) is 20.7 Å². The van der Waals surface area contributed by atoms with Gasteiger partial charge < -0.3 is 10.1 Å². The zero-order chi connectivity index (χ0) is 16.4. The van der Waals surface area contributed by atoms with Crippen LogP contribution in [0.15, 0.2) is 12.1 Å². The van der Waals surface area contributed by atoms with Gasteiger partial charge in [-0.2, -0.15) is 0 Å². The predicted molar refractivity (Wildman–Crippen MR) is 76.9 cm³/mol. The summed E-state index contributed by atoms with van der Waals surface area (Å²) in [4.78, 5) is 47.5. The van der Waals surface area contributed by atoms with E-state index in [1.807, 2.05) is 0 Å². The fourth-order valence-corrected chi connectivity index (χ4v) is 2.15. The van der Waals surface area contributed by atoms with Gasteiger partial charge in [-0.3, -0.25) is 24.1 Å². The maximum absolute atomic E-state index is 12.1. The Balaban J connectivity index is 2.11. The van der Waals surface area contributed by atoms with Crippen molar-refractivity contribution in [3.63, 3.8) is 0 Å². The first-order chi connectivity index (χ1) is 10.3. The Labute approximate surface area is 135 Å². The van der Waals surface area contributed by atoms with Gasteiger partial charge in [0.1, 0.15) is 6.54 Å². The molecule has 0 fully saturated rings. The van der Waals surface area contributed by atoms with Gasteiger partial charge >= 0.3 is 5.97 Å². The molecule has 116 valence electrons. The highest BCUT2D eigenvalue weighted by atomic mass is 35.5. The van der Waals surface area contributed by atoms with E-state index in [1.54, 1.807) is 0 Å². The van der Waals surface area contributed by atoms with Crippen molar-refractivity contribution < 1.29 is 23.9 Å². The largest absolute Gasteiger partial charge is 0.454 e. The van der Waals surface area contributed by atoms with E-state index < -0.39 is 36.8 Å². The summed E-state index contributed by atoms with van der Waals surface area (Å²) in [5.74, 6) is -2.73. The summed E-state index contributed by atoms with van der Waals surface area (Å²) in [6, 6.07) is 2.55. The van der Waals surface area contributed by atoms with Crippen molar-refractivity contribution in [1.82, 2.24) is 10.2 Å². The third kappa shape index (κ3) is 3.05. The quantitative estimate of drug-likeness (QED) is 0.646. The van der Waals surface area contributed by atoms with Gasteiger partial charge in [0, 0.05) is 7.05 Å². The number of benzene rings is 1. The van der Waals surface area contributed by atoms with Gasteiger partial charge in [0.05, 0.1) is 21.2 Å². The normalized spacial score (nSPS) is 13.1. The molecule has 0 aromatic heterocycles. The molecule has 3 amide bonds. The summed E-state index contributed by atoms with van der Waals surface area (Å²) in [5.41, 5.74) is 0.136. The molecule has 0 atom stereocenters. The van der Waals surface area contributed by atoms with Gasteiger partial charge in [-0.05, 0) is 12.1 Å². The maximum Gasteiger partial charge on any atom is 0.326 e. The number of likely N-dealkylation sites (N-methyl/N-ethyl adjacent to an activating group) is 1. The maximum atomic E-state index is 12.1. The second-order valence-electron chi connectivity index (χ2n) is 4.34. The van der Waals surface area contributed by atoms with Gasteiger partial charge in [0.25, 0.3) is 17.7 Å². The molecule has 0 aliphatic carbocycles. The molecule has 0 saturated heterocycles. The number of hydrogen-bond acceptors (Lipinski definition) is 5. The Kier molecular flexibility index (Phi) is 4.68. The number of nitrogens with one attached hydrogen (secondary N) is 1. The molecular weight excluding hydrogens is 335 g/mol. The minimum Gasteiger partial charge on any atom is -0.454 e. The van der Waals surface area contributed by atoms with Crippen molar-refractivity contribution in [2.45, 2.75) is 0 Å². The van der Waals surface area contributed by atoms with Crippen molar-refractivity contribution >= 4 is 46.9 Å². The first-order valence-corrected chi connectivity index (χ1v) is 6.82. The molecule has 0 unspecified atom stereocenters. The van der Waals surface area contributed by atoms with E-state index in [0.717, 1.165) is 0 Å². The first-order valence-electron chi connectivity index (χ1n) is 6.06. The molecule has 1 aliphatic heterocycles. The number of esters is 1. The van der Waals surface area contributed by atoms with Crippen molar-refractivity contribution in [2.75, 3.05) is 20.2 Å². The minimum absolute atomic E-state index is 0.0681. The van der Waals surface area contributed by atoms with E-state index in [0.29, 0.717) is 4.90 Å². The lowest BCUT2D eigenvalue weighted by molar-refractivity contribution is -0.148. The van der Waals surface area contributed by atoms with Gasteiger partial charge in [0.2, 0.25) is 0 Å². The average molecular weight is 345 g/mol. The van der Waals surface area contributed by atoms with Crippen LogP contribution in [0.5, 0.6) is 0 Å². The predicted octanol–water partition coefficient (Wildman–Crippen LogP) is 0.879. The lowest BCUT2D eigenvalue weighted by Crippen LogP contribution is -2.37. The molecule has 1 aromatic carbocycles. The molecule has 0 bridgehead atoms. The highest BCUT2D eigenvalue weighted by Gasteiger charge is 2.37. The molecule has 1 heterocycles. The van der Waals surface area contributed by atoms with E-state index in [1.165, 1.54) is 19.2 Å². The lowest BCUT2D eigenvalue weighted by Gasteiger charge is -2.12. The van der Waals surface area contributed by atoms with Crippen LogP contribution >= 0.6 is 23.2 Å². The summed E-state index contributed by atoms with van der Waals surface area (Å²) in [5, 5.41) is 2.53. The van der Waals surface area contributed by atoms with Gasteiger partial charge in [-0.15, -0.1) is 0 Å². The summed E-state index contributed by atoms with van der Waals surface area (Å²) >= 11 is 11.6. The fourth-order valence-electron chi connectivity index (χ4n) is 1.82. The summed E-state index contributed by atoms with van der Waals surface area (Å²) < 4.78 is 4.65. The van der Waals surface area contributed by atoms with Crippen LogP contribution in [0.4, 0.5) is 0 Å². The number of carbonyl (C=O) groups is 4. The van der Waals surface area contributed by atoms with Crippen LogP contribution in [-0.4, -0.2) is 48.8 Å². The molecule has 2 rings (SSSR count). The van der Waals surface area contributed by atoms with Crippen LogP contribution in [0.3, 0.4) is 0 Å². The van der Waals surface area contributed by atoms with Crippen molar-refractivity contribution in [2.24, 2.45) is 0 Å². The van der Waals surface area contributed by atoms with Crippen molar-refractivity contribution in [3.8, 4) is 0 Å². The molecule has 0 saturated carbocycles. The molecule has 9 heteroatoms. The number of hydrogen-bond donors (Lipinski definition) is 1. The Hall–Kier alpha value is -2.12. The monoisotopic (exact) mass is 344 g/mol. The summed E-state index contributed by atoms with van der Waals surface area (Å²) in [7, 11) is 1.38. The second-order valence-corrected chi connectivity index (χ2v) is 5.16.